The van der Waals surface area contributed by atoms with Crippen molar-refractivity contribution >= 4 is 33.7 Å². The van der Waals surface area contributed by atoms with E-state index in [1.165, 1.54) is 11.3 Å². The zero-order valence-corrected chi connectivity index (χ0v) is 13.8. The van der Waals surface area contributed by atoms with Gasteiger partial charge in [0.15, 0.2) is 5.13 Å². The molecule has 0 aliphatic heterocycles. The van der Waals surface area contributed by atoms with Crippen LogP contribution in [0.5, 0.6) is 0 Å². The van der Waals surface area contributed by atoms with Gasteiger partial charge in [-0.3, -0.25) is 4.79 Å². The van der Waals surface area contributed by atoms with Crippen molar-refractivity contribution in [3.63, 3.8) is 0 Å². The average molecular weight is 339 g/mol. The molecule has 0 unspecified atom stereocenters. The van der Waals surface area contributed by atoms with Gasteiger partial charge in [-0.05, 0) is 35.6 Å². The highest BCUT2D eigenvalue weighted by molar-refractivity contribution is 7.16. The third-order valence-electron chi connectivity index (χ3n) is 3.25. The van der Waals surface area contributed by atoms with Gasteiger partial charge in [0.1, 0.15) is 0 Å². The lowest BCUT2D eigenvalue weighted by Gasteiger charge is -2.02. The molecule has 0 atom stereocenters. The Morgan fingerprint density at radius 2 is 2.04 bits per heavy atom. The van der Waals surface area contributed by atoms with Crippen LogP contribution in [0.25, 0.3) is 10.6 Å². The first-order chi connectivity index (χ1) is 11.2. The van der Waals surface area contributed by atoms with Crippen molar-refractivity contribution in [3.05, 3.63) is 58.3 Å². The third-order valence-corrected chi connectivity index (χ3v) is 4.90. The van der Waals surface area contributed by atoms with Crippen molar-refractivity contribution in [2.45, 2.75) is 12.8 Å². The van der Waals surface area contributed by atoms with Crippen LogP contribution in [0.15, 0.2) is 47.2 Å². The largest absolute Gasteiger partial charge is 0.302 e. The predicted octanol–water partition coefficient (Wildman–Crippen LogP) is 4.31. The Hall–Kier alpha value is -2.49. The predicted molar refractivity (Wildman–Crippen MR) is 93.5 cm³/mol. The first-order valence-electron chi connectivity index (χ1n) is 7.03. The Morgan fingerprint density at radius 1 is 1.22 bits per heavy atom. The number of thiophene rings is 1. The van der Waals surface area contributed by atoms with Crippen LogP contribution < -0.4 is 5.32 Å². The summed E-state index contributed by atoms with van der Waals surface area (Å²) in [7, 11) is 0. The van der Waals surface area contributed by atoms with E-state index in [2.05, 4.69) is 16.4 Å². The average Bonchev–Trinajstić information content (AvgIpc) is 3.24. The molecule has 2 aromatic heterocycles. The van der Waals surface area contributed by atoms with E-state index in [4.69, 9.17) is 5.26 Å². The molecule has 0 fully saturated rings. The molecule has 1 aromatic carbocycles. The number of aromatic nitrogens is 1. The number of nitrogens with one attached hydrogen (secondary N) is 1. The van der Waals surface area contributed by atoms with Crippen molar-refractivity contribution < 1.29 is 4.79 Å². The van der Waals surface area contributed by atoms with Crippen molar-refractivity contribution in [3.8, 4) is 16.6 Å². The lowest BCUT2D eigenvalue weighted by Crippen LogP contribution is -2.12. The maximum Gasteiger partial charge on any atom is 0.226 e. The first-order valence-corrected chi connectivity index (χ1v) is 8.79. The van der Waals surface area contributed by atoms with Gasteiger partial charge in [0.25, 0.3) is 0 Å². The monoisotopic (exact) mass is 339 g/mol. The molecule has 0 aliphatic rings. The third kappa shape index (κ3) is 4.03. The summed E-state index contributed by atoms with van der Waals surface area (Å²) in [4.78, 5) is 17.5. The van der Waals surface area contributed by atoms with Crippen LogP contribution in [0.2, 0.25) is 0 Å². The summed E-state index contributed by atoms with van der Waals surface area (Å²) >= 11 is 3.06. The minimum Gasteiger partial charge on any atom is -0.302 e. The Kier molecular flexibility index (Phi) is 4.81. The number of nitrogens with zero attached hydrogens (tertiary/aromatic N) is 2. The zero-order valence-electron chi connectivity index (χ0n) is 12.2. The molecule has 6 heteroatoms. The van der Waals surface area contributed by atoms with Gasteiger partial charge in [-0.1, -0.05) is 18.2 Å². The molecule has 1 amide bonds. The molecule has 4 nitrogen and oxygen atoms in total. The second-order valence-electron chi connectivity index (χ2n) is 4.87. The molecule has 0 radical (unpaired) electrons. The van der Waals surface area contributed by atoms with Gasteiger partial charge in [0.05, 0.1) is 22.2 Å². The van der Waals surface area contributed by atoms with Crippen LogP contribution in [0.1, 0.15) is 17.5 Å². The van der Waals surface area contributed by atoms with Gasteiger partial charge in [-0.15, -0.1) is 22.7 Å². The molecular weight excluding hydrogens is 326 g/mol. The molecule has 0 saturated heterocycles. The maximum absolute atomic E-state index is 12.0. The summed E-state index contributed by atoms with van der Waals surface area (Å²) in [5.74, 6) is -0.0542. The summed E-state index contributed by atoms with van der Waals surface area (Å²) in [6.45, 7) is 0. The highest BCUT2D eigenvalue weighted by atomic mass is 32.1. The van der Waals surface area contributed by atoms with Gasteiger partial charge >= 0.3 is 0 Å². The Balaban J connectivity index is 1.54. The van der Waals surface area contributed by atoms with Crippen LogP contribution in [0.4, 0.5) is 5.13 Å². The number of amides is 1. The topological polar surface area (TPSA) is 65.8 Å². The number of carbonyl (C=O) groups is 1. The summed E-state index contributed by atoms with van der Waals surface area (Å²) in [5.41, 5.74) is 2.56. The smallest absolute Gasteiger partial charge is 0.226 e. The molecule has 0 aliphatic carbocycles. The van der Waals surface area contributed by atoms with Gasteiger partial charge in [-0.2, -0.15) is 5.26 Å². The van der Waals surface area contributed by atoms with E-state index in [0.717, 1.165) is 16.1 Å². The van der Waals surface area contributed by atoms with Gasteiger partial charge in [0, 0.05) is 11.8 Å². The van der Waals surface area contributed by atoms with E-state index in [9.17, 15) is 4.79 Å². The van der Waals surface area contributed by atoms with E-state index in [1.54, 1.807) is 23.5 Å². The van der Waals surface area contributed by atoms with Crippen LogP contribution in [0, 0.1) is 11.3 Å². The molecule has 3 rings (SSSR count). The fraction of sp³-hybridized carbons (Fsp3) is 0.118. The van der Waals surface area contributed by atoms with E-state index in [1.807, 2.05) is 35.0 Å². The normalized spacial score (nSPS) is 10.2. The number of anilines is 1. The quantitative estimate of drug-likeness (QED) is 0.753. The number of rotatable bonds is 5. The van der Waals surface area contributed by atoms with Gasteiger partial charge in [0.2, 0.25) is 5.91 Å². The first kappa shape index (κ1) is 15.4. The van der Waals surface area contributed by atoms with Crippen LogP contribution in [-0.2, 0) is 11.2 Å². The fourth-order valence-electron chi connectivity index (χ4n) is 2.05. The Labute approximate surface area is 142 Å². The van der Waals surface area contributed by atoms with Gasteiger partial charge in [-0.25, -0.2) is 4.98 Å². The number of aryl methyl sites for hydroxylation is 1. The van der Waals surface area contributed by atoms with Gasteiger partial charge < -0.3 is 5.32 Å². The van der Waals surface area contributed by atoms with E-state index in [-0.39, 0.29) is 5.91 Å². The highest BCUT2D eigenvalue weighted by Gasteiger charge is 2.09. The minimum atomic E-state index is -0.0542. The second-order valence-corrected chi connectivity index (χ2v) is 6.68. The molecule has 0 bridgehead atoms. The van der Waals surface area contributed by atoms with E-state index < -0.39 is 0 Å². The molecule has 0 spiro atoms. The second kappa shape index (κ2) is 7.18. The minimum absolute atomic E-state index is 0.0542. The fourth-order valence-corrected chi connectivity index (χ4v) is 3.54. The number of carbonyl (C=O) groups excluding carboxylic acids is 1. The summed E-state index contributed by atoms with van der Waals surface area (Å²) < 4.78 is 0. The molecule has 2 heterocycles. The summed E-state index contributed by atoms with van der Waals surface area (Å²) in [6.07, 6.45) is 1.03. The number of hydrogen-bond donors (Lipinski definition) is 1. The number of hydrogen-bond acceptors (Lipinski definition) is 5. The number of benzene rings is 1. The van der Waals surface area contributed by atoms with Crippen molar-refractivity contribution in [1.29, 1.82) is 5.26 Å². The highest BCUT2D eigenvalue weighted by Crippen LogP contribution is 2.28. The van der Waals surface area contributed by atoms with Crippen molar-refractivity contribution in [2.24, 2.45) is 0 Å². The zero-order chi connectivity index (χ0) is 16.1. The molecule has 114 valence electrons. The van der Waals surface area contributed by atoms with Crippen LogP contribution in [0.3, 0.4) is 0 Å². The standard InChI is InChI=1S/C17H13N3OS2/c18-10-13-5-3-12(4-6-13)7-8-16(21)20-17-19-14(11-23-17)15-2-1-9-22-15/h1-6,9,11H,7-8H2,(H,19,20,21). The summed E-state index contributed by atoms with van der Waals surface area (Å²) in [5, 5.41) is 16.2. The summed E-state index contributed by atoms with van der Waals surface area (Å²) in [6, 6.07) is 13.4. The SMILES string of the molecule is N#Cc1ccc(CCC(=O)Nc2nc(-c3cccs3)cs2)cc1. The van der Waals surface area contributed by atoms with Crippen LogP contribution >= 0.6 is 22.7 Å². The maximum atomic E-state index is 12.0. The molecule has 23 heavy (non-hydrogen) atoms. The number of thiazole rings is 1. The molecule has 1 N–H and O–H groups in total. The number of nitriles is 1. The lowest BCUT2D eigenvalue weighted by atomic mass is 10.1. The molecular formula is C17H13N3OS2. The van der Waals surface area contributed by atoms with Crippen molar-refractivity contribution in [1.82, 2.24) is 4.98 Å². The van der Waals surface area contributed by atoms with Crippen LogP contribution in [-0.4, -0.2) is 10.9 Å². The molecule has 0 saturated carbocycles. The lowest BCUT2D eigenvalue weighted by molar-refractivity contribution is -0.116. The Bertz CT molecular complexity index is 830. The Morgan fingerprint density at radius 3 is 2.74 bits per heavy atom. The van der Waals surface area contributed by atoms with E-state index in [0.29, 0.717) is 23.5 Å². The molecule has 3 aromatic rings. The van der Waals surface area contributed by atoms with E-state index >= 15 is 0 Å². The van der Waals surface area contributed by atoms with Crippen molar-refractivity contribution in [2.75, 3.05) is 5.32 Å².